The van der Waals surface area contributed by atoms with Crippen LogP contribution >= 0.6 is 12.4 Å². The van der Waals surface area contributed by atoms with Gasteiger partial charge in [-0.25, -0.2) is 0 Å². The van der Waals surface area contributed by atoms with Crippen molar-refractivity contribution in [2.75, 3.05) is 20.8 Å². The summed E-state index contributed by atoms with van der Waals surface area (Å²) < 4.78 is 10.5. The number of methoxy groups -OCH3 is 2. The highest BCUT2D eigenvalue weighted by atomic mass is 35.5. The van der Waals surface area contributed by atoms with E-state index < -0.39 is 0 Å². The molecule has 0 bridgehead atoms. The Bertz CT molecular complexity index is 511. The fourth-order valence-electron chi connectivity index (χ4n) is 3.01. The van der Waals surface area contributed by atoms with Crippen molar-refractivity contribution in [3.63, 3.8) is 0 Å². The molecule has 1 aliphatic rings. The fourth-order valence-corrected chi connectivity index (χ4v) is 3.01. The van der Waals surface area contributed by atoms with Crippen LogP contribution in [-0.4, -0.2) is 32.7 Å². The van der Waals surface area contributed by atoms with E-state index in [-0.39, 0.29) is 24.4 Å². The highest BCUT2D eigenvalue weighted by Gasteiger charge is 2.25. The first-order valence-electron chi connectivity index (χ1n) is 7.87. The molecule has 1 fully saturated rings. The van der Waals surface area contributed by atoms with Gasteiger partial charge in [-0.2, -0.15) is 0 Å². The van der Waals surface area contributed by atoms with Crippen molar-refractivity contribution < 1.29 is 14.3 Å². The zero-order valence-electron chi connectivity index (χ0n) is 13.8. The molecule has 0 heterocycles. The Balaban J connectivity index is 0.00000264. The summed E-state index contributed by atoms with van der Waals surface area (Å²) in [5.74, 6) is 1.87. The smallest absolute Gasteiger partial charge is 0.220 e. The van der Waals surface area contributed by atoms with E-state index in [2.05, 4.69) is 5.32 Å². The second-order valence-electron chi connectivity index (χ2n) is 5.85. The van der Waals surface area contributed by atoms with Gasteiger partial charge in [-0.3, -0.25) is 4.79 Å². The first-order valence-corrected chi connectivity index (χ1v) is 7.87. The molecule has 0 radical (unpaired) electrons. The Morgan fingerprint density at radius 3 is 2.61 bits per heavy atom. The molecule has 1 amide bonds. The van der Waals surface area contributed by atoms with Crippen LogP contribution in [0.4, 0.5) is 0 Å². The summed E-state index contributed by atoms with van der Waals surface area (Å²) >= 11 is 0. The first-order chi connectivity index (χ1) is 10.6. The van der Waals surface area contributed by atoms with E-state index in [9.17, 15) is 4.79 Å². The normalized spacial score (nSPS) is 19.8. The summed E-state index contributed by atoms with van der Waals surface area (Å²) in [6.07, 6.45) is 4.58. The number of nitrogens with one attached hydrogen (secondary N) is 1. The van der Waals surface area contributed by atoms with Crippen molar-refractivity contribution in [1.82, 2.24) is 5.32 Å². The van der Waals surface area contributed by atoms with Gasteiger partial charge in [0.05, 0.1) is 14.2 Å². The number of nitrogens with two attached hydrogens (primary N) is 1. The molecule has 0 unspecified atom stereocenters. The SMILES string of the molecule is COc1ccc(CCNC(=O)C[C@@H]2CCC[C@H]2N)cc1OC.Cl. The molecule has 1 saturated carbocycles. The van der Waals surface area contributed by atoms with E-state index in [0.717, 1.165) is 31.2 Å². The summed E-state index contributed by atoms with van der Waals surface area (Å²) in [6.45, 7) is 0.621. The molecule has 130 valence electrons. The van der Waals surface area contributed by atoms with Crippen LogP contribution in [0.3, 0.4) is 0 Å². The van der Waals surface area contributed by atoms with Crippen LogP contribution in [0.1, 0.15) is 31.2 Å². The monoisotopic (exact) mass is 342 g/mol. The van der Waals surface area contributed by atoms with Crippen molar-refractivity contribution in [3.05, 3.63) is 23.8 Å². The van der Waals surface area contributed by atoms with E-state index >= 15 is 0 Å². The van der Waals surface area contributed by atoms with Gasteiger partial charge in [0.25, 0.3) is 0 Å². The zero-order chi connectivity index (χ0) is 15.9. The highest BCUT2D eigenvalue weighted by molar-refractivity contribution is 5.85. The third-order valence-corrected chi connectivity index (χ3v) is 4.35. The quantitative estimate of drug-likeness (QED) is 0.797. The molecule has 0 spiro atoms. The summed E-state index contributed by atoms with van der Waals surface area (Å²) in [5, 5.41) is 2.98. The molecule has 2 rings (SSSR count). The maximum absolute atomic E-state index is 11.9. The topological polar surface area (TPSA) is 73.6 Å². The molecular formula is C17H27ClN2O3. The van der Waals surface area contributed by atoms with Crippen molar-refractivity contribution in [3.8, 4) is 11.5 Å². The highest BCUT2D eigenvalue weighted by Crippen LogP contribution is 2.28. The van der Waals surface area contributed by atoms with E-state index in [1.165, 1.54) is 0 Å². The molecule has 1 aromatic rings. The lowest BCUT2D eigenvalue weighted by Crippen LogP contribution is -2.32. The van der Waals surface area contributed by atoms with Gasteiger partial charge in [0.15, 0.2) is 11.5 Å². The van der Waals surface area contributed by atoms with Gasteiger partial charge >= 0.3 is 0 Å². The van der Waals surface area contributed by atoms with Crippen LogP contribution in [-0.2, 0) is 11.2 Å². The lowest BCUT2D eigenvalue weighted by molar-refractivity contribution is -0.122. The van der Waals surface area contributed by atoms with Crippen LogP contribution < -0.4 is 20.5 Å². The van der Waals surface area contributed by atoms with Crippen molar-refractivity contribution in [2.45, 2.75) is 38.1 Å². The Hall–Kier alpha value is -1.46. The fraction of sp³-hybridized carbons (Fsp3) is 0.588. The Kier molecular flexibility index (Phi) is 8.20. The van der Waals surface area contributed by atoms with Gasteiger partial charge in [-0.15, -0.1) is 12.4 Å². The second kappa shape index (κ2) is 9.63. The van der Waals surface area contributed by atoms with Gasteiger partial charge in [-0.05, 0) is 42.9 Å². The Morgan fingerprint density at radius 2 is 2.00 bits per heavy atom. The van der Waals surface area contributed by atoms with Crippen molar-refractivity contribution >= 4 is 18.3 Å². The molecule has 0 aromatic heterocycles. The number of halogens is 1. The van der Waals surface area contributed by atoms with Crippen LogP contribution in [0.5, 0.6) is 11.5 Å². The minimum atomic E-state index is 0. The number of rotatable bonds is 7. The molecule has 1 aliphatic carbocycles. The standard InChI is InChI=1S/C17H26N2O3.ClH/c1-21-15-7-6-12(10-16(15)22-2)8-9-19-17(20)11-13-4-3-5-14(13)18;/h6-7,10,13-14H,3-5,8-9,11,18H2,1-2H3,(H,19,20);1H/t13-,14+;/m0./s1. The predicted octanol–water partition coefficient (Wildman–Crippen LogP) is 2.30. The molecule has 3 N–H and O–H groups in total. The van der Waals surface area contributed by atoms with Crippen LogP contribution in [0.25, 0.3) is 0 Å². The number of hydrogen-bond donors (Lipinski definition) is 2. The van der Waals surface area contributed by atoms with Crippen LogP contribution in [0, 0.1) is 5.92 Å². The van der Waals surface area contributed by atoms with Crippen LogP contribution in [0.15, 0.2) is 18.2 Å². The minimum Gasteiger partial charge on any atom is -0.493 e. The first kappa shape index (κ1) is 19.6. The maximum atomic E-state index is 11.9. The molecule has 6 heteroatoms. The van der Waals surface area contributed by atoms with E-state index in [1.54, 1.807) is 14.2 Å². The average Bonchev–Trinajstić information content (AvgIpc) is 2.92. The van der Waals surface area contributed by atoms with Gasteiger partial charge in [0, 0.05) is 19.0 Å². The molecule has 2 atom stereocenters. The van der Waals surface area contributed by atoms with Gasteiger partial charge in [-0.1, -0.05) is 12.5 Å². The number of amides is 1. The van der Waals surface area contributed by atoms with E-state index in [4.69, 9.17) is 15.2 Å². The Morgan fingerprint density at radius 1 is 1.26 bits per heavy atom. The summed E-state index contributed by atoms with van der Waals surface area (Å²) in [6, 6.07) is 6.00. The predicted molar refractivity (Wildman–Crippen MR) is 93.4 cm³/mol. The molecule has 0 saturated heterocycles. The second-order valence-corrected chi connectivity index (χ2v) is 5.85. The number of ether oxygens (including phenoxy) is 2. The molecule has 23 heavy (non-hydrogen) atoms. The molecule has 1 aromatic carbocycles. The maximum Gasteiger partial charge on any atom is 0.220 e. The van der Waals surface area contributed by atoms with Crippen molar-refractivity contribution in [2.24, 2.45) is 11.7 Å². The van der Waals surface area contributed by atoms with Crippen LogP contribution in [0.2, 0.25) is 0 Å². The minimum absolute atomic E-state index is 0. The van der Waals surface area contributed by atoms with Crippen molar-refractivity contribution in [1.29, 1.82) is 0 Å². The summed E-state index contributed by atoms with van der Waals surface area (Å²) in [4.78, 5) is 11.9. The molecule has 5 nitrogen and oxygen atoms in total. The lowest BCUT2D eigenvalue weighted by Gasteiger charge is -2.15. The van der Waals surface area contributed by atoms with E-state index in [1.807, 2.05) is 18.2 Å². The number of benzene rings is 1. The zero-order valence-corrected chi connectivity index (χ0v) is 14.7. The molecule has 0 aliphatic heterocycles. The van der Waals surface area contributed by atoms with Gasteiger partial charge in [0.2, 0.25) is 5.91 Å². The van der Waals surface area contributed by atoms with Gasteiger partial charge < -0.3 is 20.5 Å². The third-order valence-electron chi connectivity index (χ3n) is 4.35. The number of hydrogen-bond acceptors (Lipinski definition) is 4. The average molecular weight is 343 g/mol. The Labute approximate surface area is 144 Å². The number of carbonyl (C=O) groups is 1. The lowest BCUT2D eigenvalue weighted by atomic mass is 10.00. The summed E-state index contributed by atoms with van der Waals surface area (Å²) in [7, 11) is 3.24. The van der Waals surface area contributed by atoms with Gasteiger partial charge in [0.1, 0.15) is 0 Å². The van der Waals surface area contributed by atoms with E-state index in [0.29, 0.717) is 30.4 Å². The third kappa shape index (κ3) is 5.59. The summed E-state index contributed by atoms with van der Waals surface area (Å²) in [5.41, 5.74) is 7.11. The number of carbonyl (C=O) groups excluding carboxylic acids is 1. The molecular weight excluding hydrogens is 316 g/mol. The largest absolute Gasteiger partial charge is 0.493 e.